The summed E-state index contributed by atoms with van der Waals surface area (Å²) in [6, 6.07) is 6.05. The summed E-state index contributed by atoms with van der Waals surface area (Å²) in [5.41, 5.74) is 1.37. The zero-order valence-corrected chi connectivity index (χ0v) is 12.2. The number of piperidine rings is 1. The van der Waals surface area contributed by atoms with E-state index >= 15 is 0 Å². The van der Waals surface area contributed by atoms with Crippen LogP contribution in [0, 0.1) is 12.7 Å². The molecule has 0 amide bonds. The molecule has 1 aromatic rings. The van der Waals surface area contributed by atoms with Crippen molar-refractivity contribution < 1.29 is 9.50 Å². The van der Waals surface area contributed by atoms with Crippen LogP contribution >= 0.6 is 0 Å². The largest absolute Gasteiger partial charge is 0.394 e. The van der Waals surface area contributed by atoms with Crippen molar-refractivity contribution in [3.63, 3.8) is 0 Å². The lowest BCUT2D eigenvalue weighted by molar-refractivity contribution is 0.0833. The Morgan fingerprint density at radius 2 is 1.95 bits per heavy atom. The number of fused-ring (bicyclic) bond motifs is 2. The number of aliphatic hydroxyl groups excluding tert-OH is 1. The first-order chi connectivity index (χ1) is 9.51. The summed E-state index contributed by atoms with van der Waals surface area (Å²) >= 11 is 0. The van der Waals surface area contributed by atoms with Crippen molar-refractivity contribution in [2.45, 2.75) is 50.2 Å². The zero-order chi connectivity index (χ0) is 14.3. The minimum absolute atomic E-state index is 0.101. The van der Waals surface area contributed by atoms with Gasteiger partial charge in [-0.05, 0) is 63.4 Å². The average Bonchev–Trinajstić information content (AvgIpc) is 2.61. The molecule has 0 spiro atoms. The molecule has 110 valence electrons. The lowest BCUT2D eigenvalue weighted by atomic mass is 9.83. The number of anilines is 1. The Morgan fingerprint density at radius 3 is 2.50 bits per heavy atom. The molecule has 2 aliphatic rings. The molecule has 2 atom stereocenters. The fraction of sp³-hybridized carbons (Fsp3) is 0.625. The van der Waals surface area contributed by atoms with Gasteiger partial charge in [0.25, 0.3) is 0 Å². The van der Waals surface area contributed by atoms with E-state index in [1.165, 1.54) is 25.0 Å². The molecule has 0 saturated carbocycles. The van der Waals surface area contributed by atoms with Crippen LogP contribution in [0.5, 0.6) is 0 Å². The lowest BCUT2D eigenvalue weighted by Gasteiger charge is -2.45. The van der Waals surface area contributed by atoms with E-state index in [2.05, 4.69) is 17.3 Å². The van der Waals surface area contributed by atoms with E-state index in [1.54, 1.807) is 0 Å². The SMILES string of the molecule is Cc1cc(F)cc(NC2(CO)CC3CCC(C2)N3C)c1. The molecule has 0 radical (unpaired) electrons. The van der Waals surface area contributed by atoms with Crippen molar-refractivity contribution in [1.82, 2.24) is 4.90 Å². The summed E-state index contributed by atoms with van der Waals surface area (Å²) in [4.78, 5) is 2.44. The first-order valence-corrected chi connectivity index (χ1v) is 7.39. The summed E-state index contributed by atoms with van der Waals surface area (Å²) in [6.45, 7) is 1.99. The van der Waals surface area contributed by atoms with Gasteiger partial charge in [0.15, 0.2) is 0 Å². The van der Waals surface area contributed by atoms with Crippen LogP contribution in [-0.2, 0) is 0 Å². The number of halogens is 1. The van der Waals surface area contributed by atoms with Gasteiger partial charge in [-0.15, -0.1) is 0 Å². The Kier molecular flexibility index (Phi) is 3.46. The van der Waals surface area contributed by atoms with Gasteiger partial charge in [0, 0.05) is 17.8 Å². The highest BCUT2D eigenvalue weighted by Gasteiger charge is 2.46. The second-order valence-corrected chi connectivity index (χ2v) is 6.54. The van der Waals surface area contributed by atoms with Crippen LogP contribution in [0.15, 0.2) is 18.2 Å². The van der Waals surface area contributed by atoms with Crippen molar-refractivity contribution in [3.8, 4) is 0 Å². The smallest absolute Gasteiger partial charge is 0.125 e. The molecule has 3 rings (SSSR count). The Labute approximate surface area is 119 Å². The molecule has 2 aliphatic heterocycles. The lowest BCUT2D eigenvalue weighted by Crippen LogP contribution is -2.55. The number of rotatable bonds is 3. The third kappa shape index (κ3) is 2.42. The molecule has 2 heterocycles. The van der Waals surface area contributed by atoms with Crippen LogP contribution in [-0.4, -0.2) is 41.3 Å². The van der Waals surface area contributed by atoms with E-state index in [0.29, 0.717) is 12.1 Å². The third-order valence-electron chi connectivity index (χ3n) is 4.99. The molecule has 3 nitrogen and oxygen atoms in total. The van der Waals surface area contributed by atoms with Crippen LogP contribution in [0.3, 0.4) is 0 Å². The number of hydrogen-bond donors (Lipinski definition) is 2. The second kappa shape index (κ2) is 5.01. The van der Waals surface area contributed by atoms with Crippen LogP contribution in [0.2, 0.25) is 0 Å². The molecule has 2 fully saturated rings. The molecule has 4 heteroatoms. The highest BCUT2D eigenvalue weighted by molar-refractivity contribution is 5.48. The number of benzene rings is 1. The maximum absolute atomic E-state index is 13.5. The van der Waals surface area contributed by atoms with Crippen LogP contribution in [0.1, 0.15) is 31.2 Å². The average molecular weight is 278 g/mol. The maximum Gasteiger partial charge on any atom is 0.125 e. The van der Waals surface area contributed by atoms with E-state index in [1.807, 2.05) is 13.0 Å². The maximum atomic E-state index is 13.5. The number of aryl methyl sites for hydroxylation is 1. The second-order valence-electron chi connectivity index (χ2n) is 6.54. The van der Waals surface area contributed by atoms with Gasteiger partial charge in [-0.25, -0.2) is 4.39 Å². The Morgan fingerprint density at radius 1 is 1.30 bits per heavy atom. The van der Waals surface area contributed by atoms with Crippen LogP contribution in [0.25, 0.3) is 0 Å². The topological polar surface area (TPSA) is 35.5 Å². The van der Waals surface area contributed by atoms with Gasteiger partial charge in [-0.1, -0.05) is 0 Å². The monoisotopic (exact) mass is 278 g/mol. The van der Waals surface area contributed by atoms with Gasteiger partial charge >= 0.3 is 0 Å². The highest BCUT2D eigenvalue weighted by atomic mass is 19.1. The van der Waals surface area contributed by atoms with Gasteiger partial charge < -0.3 is 15.3 Å². The fourth-order valence-corrected chi connectivity index (χ4v) is 3.95. The van der Waals surface area contributed by atoms with Crippen molar-refractivity contribution in [3.05, 3.63) is 29.6 Å². The van der Waals surface area contributed by atoms with Gasteiger partial charge in [-0.3, -0.25) is 0 Å². The number of nitrogens with one attached hydrogen (secondary N) is 1. The number of hydrogen-bond acceptors (Lipinski definition) is 3. The molecule has 2 bridgehead atoms. The first-order valence-electron chi connectivity index (χ1n) is 7.39. The van der Waals surface area contributed by atoms with E-state index in [4.69, 9.17) is 0 Å². The van der Waals surface area contributed by atoms with Gasteiger partial charge in [0.2, 0.25) is 0 Å². The van der Waals surface area contributed by atoms with Crippen LogP contribution in [0.4, 0.5) is 10.1 Å². The Bertz CT molecular complexity index is 471. The number of nitrogens with zero attached hydrogens (tertiary/aromatic N) is 1. The predicted octanol–water partition coefficient (Wildman–Crippen LogP) is 2.53. The van der Waals surface area contributed by atoms with E-state index in [9.17, 15) is 9.50 Å². The van der Waals surface area contributed by atoms with E-state index in [0.717, 1.165) is 24.1 Å². The van der Waals surface area contributed by atoms with E-state index < -0.39 is 0 Å². The van der Waals surface area contributed by atoms with Gasteiger partial charge in [0.05, 0.1) is 12.1 Å². The van der Waals surface area contributed by atoms with E-state index in [-0.39, 0.29) is 18.0 Å². The Hall–Kier alpha value is -1.13. The minimum Gasteiger partial charge on any atom is -0.394 e. The first kappa shape index (κ1) is 13.8. The molecule has 2 saturated heterocycles. The number of aliphatic hydroxyl groups is 1. The summed E-state index contributed by atoms with van der Waals surface area (Å²) in [5.74, 6) is -0.225. The molecule has 0 aliphatic carbocycles. The van der Waals surface area contributed by atoms with Crippen molar-refractivity contribution in [2.75, 3.05) is 19.0 Å². The molecular formula is C16H23FN2O. The fourth-order valence-electron chi connectivity index (χ4n) is 3.95. The third-order valence-corrected chi connectivity index (χ3v) is 4.99. The zero-order valence-electron chi connectivity index (χ0n) is 12.2. The van der Waals surface area contributed by atoms with Gasteiger partial charge in [0.1, 0.15) is 5.82 Å². The van der Waals surface area contributed by atoms with Crippen LogP contribution < -0.4 is 5.32 Å². The Balaban J connectivity index is 1.83. The highest BCUT2D eigenvalue weighted by Crippen LogP contribution is 2.41. The molecule has 0 aromatic heterocycles. The molecule has 2 unspecified atom stereocenters. The minimum atomic E-state index is -0.307. The molecule has 2 N–H and O–H groups in total. The standard InChI is InChI=1S/C16H23FN2O/c1-11-5-12(17)7-13(6-11)18-16(10-20)8-14-3-4-15(9-16)19(14)2/h5-7,14-15,18,20H,3-4,8-10H2,1-2H3. The quantitative estimate of drug-likeness (QED) is 0.892. The molecule has 1 aromatic carbocycles. The predicted molar refractivity (Wildman–Crippen MR) is 78.4 cm³/mol. The van der Waals surface area contributed by atoms with Crippen molar-refractivity contribution in [2.24, 2.45) is 0 Å². The normalized spacial score (nSPS) is 33.4. The summed E-state index contributed by atoms with van der Waals surface area (Å²) < 4.78 is 13.5. The van der Waals surface area contributed by atoms with Gasteiger partial charge in [-0.2, -0.15) is 0 Å². The van der Waals surface area contributed by atoms with Crippen molar-refractivity contribution >= 4 is 5.69 Å². The molecule has 20 heavy (non-hydrogen) atoms. The summed E-state index contributed by atoms with van der Waals surface area (Å²) in [6.07, 6.45) is 4.25. The summed E-state index contributed by atoms with van der Waals surface area (Å²) in [7, 11) is 2.18. The van der Waals surface area contributed by atoms with Crippen molar-refractivity contribution in [1.29, 1.82) is 0 Å². The molecular weight excluding hydrogens is 255 g/mol. The summed E-state index contributed by atoms with van der Waals surface area (Å²) in [5, 5.41) is 13.3.